The van der Waals surface area contributed by atoms with E-state index in [2.05, 4.69) is 31.3 Å². The summed E-state index contributed by atoms with van der Waals surface area (Å²) in [5.74, 6) is 0. The van der Waals surface area contributed by atoms with Gasteiger partial charge in [-0.2, -0.15) is 0 Å². The second-order valence-corrected chi connectivity index (χ2v) is 4.00. The van der Waals surface area contributed by atoms with Gasteiger partial charge in [-0.1, -0.05) is 15.9 Å². The second-order valence-electron chi connectivity index (χ2n) is 2.50. The highest BCUT2D eigenvalue weighted by atomic mass is 79.9. The minimum Gasteiger partial charge on any atom is -0.265 e. The van der Waals surface area contributed by atoms with Gasteiger partial charge in [0.2, 0.25) is 0 Å². The molecule has 0 aliphatic rings. The Hall–Kier alpha value is -0.740. The summed E-state index contributed by atoms with van der Waals surface area (Å²) in [4.78, 5) is 8.41. The van der Waals surface area contributed by atoms with E-state index < -0.39 is 0 Å². The Morgan fingerprint density at radius 3 is 2.69 bits per heavy atom. The molecule has 0 unspecified atom stereocenters. The zero-order valence-corrected chi connectivity index (χ0v) is 9.18. The molecule has 2 rings (SSSR count). The van der Waals surface area contributed by atoms with Crippen LogP contribution in [0.15, 0.2) is 29.9 Å². The van der Waals surface area contributed by atoms with Crippen LogP contribution in [0.5, 0.6) is 0 Å². The lowest BCUT2D eigenvalue weighted by Crippen LogP contribution is -1.79. The van der Waals surface area contributed by atoms with Gasteiger partial charge in [-0.25, -0.2) is 4.98 Å². The van der Waals surface area contributed by atoms with Crippen molar-refractivity contribution in [2.24, 2.45) is 0 Å². The maximum absolute atomic E-state index is 4.44. The van der Waals surface area contributed by atoms with E-state index in [0.29, 0.717) is 0 Å². The van der Waals surface area contributed by atoms with Crippen molar-refractivity contribution < 1.29 is 0 Å². The highest BCUT2D eigenvalue weighted by molar-refractivity contribution is 9.08. The molecule has 0 aromatic carbocycles. The van der Waals surface area contributed by atoms with Crippen molar-refractivity contribution in [3.63, 3.8) is 0 Å². The lowest BCUT2D eigenvalue weighted by atomic mass is 10.2. The summed E-state index contributed by atoms with van der Waals surface area (Å²) in [6.07, 6.45) is 3.56. The zero-order valence-electron chi connectivity index (χ0n) is 6.77. The van der Waals surface area contributed by atoms with Gasteiger partial charge < -0.3 is 0 Å². The molecule has 0 aliphatic carbocycles. The highest BCUT2D eigenvalue weighted by Gasteiger charge is 2.01. The van der Waals surface area contributed by atoms with Gasteiger partial charge in [-0.3, -0.25) is 4.98 Å². The lowest BCUT2D eigenvalue weighted by molar-refractivity contribution is 1.26. The van der Waals surface area contributed by atoms with Gasteiger partial charge in [0.15, 0.2) is 0 Å². The first-order chi connectivity index (χ1) is 6.40. The van der Waals surface area contributed by atoms with Crippen LogP contribution < -0.4 is 0 Å². The monoisotopic (exact) mass is 254 g/mol. The van der Waals surface area contributed by atoms with Crippen molar-refractivity contribution in [2.45, 2.75) is 5.33 Å². The second kappa shape index (κ2) is 3.98. The first-order valence-electron chi connectivity index (χ1n) is 3.81. The molecule has 0 fully saturated rings. The minimum atomic E-state index is 0.822. The van der Waals surface area contributed by atoms with Crippen molar-refractivity contribution in [2.75, 3.05) is 0 Å². The summed E-state index contributed by atoms with van der Waals surface area (Å²) in [5.41, 5.74) is 2.15. The molecule has 0 atom stereocenters. The van der Waals surface area contributed by atoms with E-state index in [1.807, 2.05) is 12.1 Å². The maximum atomic E-state index is 4.44. The van der Waals surface area contributed by atoms with Crippen molar-refractivity contribution in [1.29, 1.82) is 0 Å². The fraction of sp³-hybridized carbons (Fsp3) is 0.111. The molecule has 0 spiro atoms. The molecule has 2 aromatic heterocycles. The Balaban J connectivity index is 2.36. The van der Waals surface area contributed by atoms with Crippen LogP contribution in [0.2, 0.25) is 0 Å². The summed E-state index contributed by atoms with van der Waals surface area (Å²) in [5, 5.41) is 3.99. The summed E-state index contributed by atoms with van der Waals surface area (Å²) in [7, 11) is 0. The molecule has 0 saturated heterocycles. The molecule has 2 aromatic rings. The fourth-order valence-electron chi connectivity index (χ4n) is 1.03. The van der Waals surface area contributed by atoms with Crippen LogP contribution in [0.1, 0.15) is 5.01 Å². The molecule has 0 bridgehead atoms. The van der Waals surface area contributed by atoms with Crippen LogP contribution in [0.4, 0.5) is 0 Å². The number of halogens is 1. The van der Waals surface area contributed by atoms with Gasteiger partial charge in [0.25, 0.3) is 0 Å². The number of aromatic nitrogens is 2. The molecule has 13 heavy (non-hydrogen) atoms. The van der Waals surface area contributed by atoms with Gasteiger partial charge >= 0.3 is 0 Å². The van der Waals surface area contributed by atoms with Gasteiger partial charge in [0.05, 0.1) is 11.0 Å². The third-order valence-electron chi connectivity index (χ3n) is 1.64. The highest BCUT2D eigenvalue weighted by Crippen LogP contribution is 2.21. The number of hydrogen-bond acceptors (Lipinski definition) is 3. The van der Waals surface area contributed by atoms with Gasteiger partial charge in [0, 0.05) is 23.3 Å². The molecule has 0 aliphatic heterocycles. The largest absolute Gasteiger partial charge is 0.265 e. The molecule has 4 heteroatoms. The SMILES string of the molecule is BrCc1nc(-c2ccncc2)cs1. The van der Waals surface area contributed by atoms with Crippen molar-refractivity contribution >= 4 is 27.3 Å². The molecule has 2 nitrogen and oxygen atoms in total. The molecule has 0 saturated carbocycles. The van der Waals surface area contributed by atoms with E-state index in [-0.39, 0.29) is 0 Å². The normalized spacial score (nSPS) is 10.2. The third kappa shape index (κ3) is 1.95. The number of rotatable bonds is 2. The average molecular weight is 255 g/mol. The molecule has 2 heterocycles. The Kier molecular flexibility index (Phi) is 2.71. The Bertz CT molecular complexity index is 386. The summed E-state index contributed by atoms with van der Waals surface area (Å²) in [6, 6.07) is 3.93. The van der Waals surface area contributed by atoms with Gasteiger partial charge in [-0.05, 0) is 12.1 Å². The Labute approximate surface area is 88.8 Å². The molecular formula is C9H7BrN2S. The van der Waals surface area contributed by atoms with E-state index in [1.165, 1.54) is 0 Å². The van der Waals surface area contributed by atoms with Crippen LogP contribution in [-0.2, 0) is 5.33 Å². The molecule has 66 valence electrons. The summed E-state index contributed by atoms with van der Waals surface area (Å²) in [6.45, 7) is 0. The van der Waals surface area contributed by atoms with Crippen molar-refractivity contribution in [3.05, 3.63) is 34.9 Å². The predicted molar refractivity (Wildman–Crippen MR) is 58.0 cm³/mol. The Morgan fingerprint density at radius 1 is 1.31 bits per heavy atom. The average Bonchev–Trinajstić information content (AvgIpc) is 2.67. The van der Waals surface area contributed by atoms with Crippen LogP contribution in [0.25, 0.3) is 11.3 Å². The number of thiazole rings is 1. The predicted octanol–water partition coefficient (Wildman–Crippen LogP) is 3.10. The molecule has 0 N–H and O–H groups in total. The molecule has 0 radical (unpaired) electrons. The van der Waals surface area contributed by atoms with Crippen molar-refractivity contribution in [3.8, 4) is 11.3 Å². The topological polar surface area (TPSA) is 25.8 Å². The standard InChI is InChI=1S/C9H7BrN2S/c10-5-9-12-8(6-13-9)7-1-3-11-4-2-7/h1-4,6H,5H2. The summed E-state index contributed by atoms with van der Waals surface area (Å²) >= 11 is 5.04. The third-order valence-corrected chi connectivity index (χ3v) is 3.39. The molecule has 0 amide bonds. The van der Waals surface area contributed by atoms with Crippen LogP contribution >= 0.6 is 27.3 Å². The lowest BCUT2D eigenvalue weighted by Gasteiger charge is -1.92. The van der Waals surface area contributed by atoms with E-state index in [0.717, 1.165) is 21.6 Å². The smallest absolute Gasteiger partial charge is 0.104 e. The number of alkyl halides is 1. The van der Waals surface area contributed by atoms with E-state index >= 15 is 0 Å². The van der Waals surface area contributed by atoms with Gasteiger partial charge in [-0.15, -0.1) is 11.3 Å². The van der Waals surface area contributed by atoms with Crippen LogP contribution in [-0.4, -0.2) is 9.97 Å². The number of nitrogens with zero attached hydrogens (tertiary/aromatic N) is 2. The zero-order chi connectivity index (χ0) is 9.10. The summed E-state index contributed by atoms with van der Waals surface area (Å²) < 4.78 is 0. The van der Waals surface area contributed by atoms with Gasteiger partial charge in [0.1, 0.15) is 5.01 Å². The van der Waals surface area contributed by atoms with Crippen molar-refractivity contribution in [1.82, 2.24) is 9.97 Å². The van der Waals surface area contributed by atoms with E-state index in [9.17, 15) is 0 Å². The number of hydrogen-bond donors (Lipinski definition) is 0. The number of pyridine rings is 1. The Morgan fingerprint density at radius 2 is 2.08 bits per heavy atom. The van der Waals surface area contributed by atoms with E-state index in [1.54, 1.807) is 23.7 Å². The minimum absolute atomic E-state index is 0.822. The first kappa shape index (κ1) is 8.84. The quantitative estimate of drug-likeness (QED) is 0.770. The van der Waals surface area contributed by atoms with E-state index in [4.69, 9.17) is 0 Å². The fourth-order valence-corrected chi connectivity index (χ4v) is 2.20. The first-order valence-corrected chi connectivity index (χ1v) is 5.81. The molecular weight excluding hydrogens is 248 g/mol. The van der Waals surface area contributed by atoms with Crippen LogP contribution in [0.3, 0.4) is 0 Å². The van der Waals surface area contributed by atoms with Crippen LogP contribution in [0, 0.1) is 0 Å². The maximum Gasteiger partial charge on any atom is 0.104 e.